The highest BCUT2D eigenvalue weighted by atomic mass is 32.2. The molecule has 1 aliphatic rings. The third-order valence-electron chi connectivity index (χ3n) is 3.47. The highest BCUT2D eigenvalue weighted by Crippen LogP contribution is 2.37. The molecule has 6 heteroatoms. The van der Waals surface area contributed by atoms with Crippen molar-refractivity contribution in [3.8, 4) is 0 Å². The fraction of sp³-hybridized carbons (Fsp3) is 0.571. The average Bonchev–Trinajstić information content (AvgIpc) is 2.84. The van der Waals surface area contributed by atoms with Crippen LogP contribution in [-0.2, 0) is 10.0 Å². The molecule has 1 heterocycles. The highest BCUT2D eigenvalue weighted by molar-refractivity contribution is 8.00. The summed E-state index contributed by atoms with van der Waals surface area (Å²) >= 11 is 2.01. The number of sulfonamides is 1. The van der Waals surface area contributed by atoms with Gasteiger partial charge in [-0.3, -0.25) is 0 Å². The second-order valence-electron chi connectivity index (χ2n) is 5.28. The molecule has 0 spiro atoms. The fourth-order valence-corrected chi connectivity index (χ4v) is 4.58. The molecule has 1 atom stereocenters. The lowest BCUT2D eigenvalue weighted by atomic mass is 10.1. The summed E-state index contributed by atoms with van der Waals surface area (Å²) < 4.78 is 26.4. The summed E-state index contributed by atoms with van der Waals surface area (Å²) in [6, 6.07) is 6.94. The predicted octanol–water partition coefficient (Wildman–Crippen LogP) is 2.68. The molecule has 1 aliphatic heterocycles. The lowest BCUT2D eigenvalue weighted by Gasteiger charge is -2.23. The van der Waals surface area contributed by atoms with Crippen LogP contribution in [0.5, 0.6) is 0 Å². The van der Waals surface area contributed by atoms with Gasteiger partial charge in [0, 0.05) is 23.5 Å². The number of thioether (sulfide) groups is 1. The van der Waals surface area contributed by atoms with E-state index in [9.17, 15) is 8.42 Å². The summed E-state index contributed by atoms with van der Waals surface area (Å²) in [6.45, 7) is 5.37. The summed E-state index contributed by atoms with van der Waals surface area (Å²) in [6.07, 6.45) is 2.51. The van der Waals surface area contributed by atoms with Gasteiger partial charge in [0.1, 0.15) is 0 Å². The zero-order valence-electron chi connectivity index (χ0n) is 12.0. The van der Waals surface area contributed by atoms with E-state index in [1.807, 2.05) is 23.9 Å². The third kappa shape index (κ3) is 3.90. The quantitative estimate of drug-likeness (QED) is 0.847. The van der Waals surface area contributed by atoms with Crippen LogP contribution in [0.25, 0.3) is 0 Å². The first kappa shape index (κ1) is 15.7. The van der Waals surface area contributed by atoms with Crippen LogP contribution in [0.4, 0.5) is 5.69 Å². The van der Waals surface area contributed by atoms with Gasteiger partial charge in [0.15, 0.2) is 0 Å². The molecule has 2 N–H and O–H groups in total. The second kappa shape index (κ2) is 6.37. The van der Waals surface area contributed by atoms with Crippen LogP contribution in [0.1, 0.15) is 26.7 Å². The standard InChI is InChI=1S/C14H22N2O2S2/c1-3-16-20(17,18)13-7-5-12(6-8-13)15-11-14(2)9-4-10-19-14/h5-8,15-16H,3-4,9-11H2,1-2H3. The maximum absolute atomic E-state index is 11.8. The number of anilines is 1. The number of rotatable bonds is 6. The van der Waals surface area contributed by atoms with Crippen molar-refractivity contribution in [3.63, 3.8) is 0 Å². The van der Waals surface area contributed by atoms with Crippen molar-refractivity contribution >= 4 is 27.5 Å². The molecule has 0 aromatic heterocycles. The van der Waals surface area contributed by atoms with Crippen molar-refractivity contribution in [2.75, 3.05) is 24.2 Å². The fourth-order valence-electron chi connectivity index (χ4n) is 2.29. The molecule has 0 amide bonds. The van der Waals surface area contributed by atoms with Crippen LogP contribution in [-0.4, -0.2) is 32.0 Å². The minimum absolute atomic E-state index is 0.300. The Bertz CT molecular complexity index is 535. The molecule has 2 rings (SSSR count). The molecule has 0 aliphatic carbocycles. The van der Waals surface area contributed by atoms with Crippen LogP contribution in [0, 0.1) is 0 Å². The first-order valence-corrected chi connectivity index (χ1v) is 9.40. The van der Waals surface area contributed by atoms with Crippen LogP contribution < -0.4 is 10.0 Å². The van der Waals surface area contributed by atoms with Gasteiger partial charge < -0.3 is 5.32 Å². The number of nitrogens with one attached hydrogen (secondary N) is 2. The SMILES string of the molecule is CCNS(=O)(=O)c1ccc(NCC2(C)CCCS2)cc1. The lowest BCUT2D eigenvalue weighted by Crippen LogP contribution is -2.27. The Morgan fingerprint density at radius 1 is 1.30 bits per heavy atom. The van der Waals surface area contributed by atoms with Gasteiger partial charge in [0.05, 0.1) is 4.90 Å². The van der Waals surface area contributed by atoms with E-state index in [-0.39, 0.29) is 0 Å². The van der Waals surface area contributed by atoms with Gasteiger partial charge in [0.2, 0.25) is 10.0 Å². The zero-order valence-corrected chi connectivity index (χ0v) is 13.6. The van der Waals surface area contributed by atoms with Gasteiger partial charge in [0.25, 0.3) is 0 Å². The highest BCUT2D eigenvalue weighted by Gasteiger charge is 2.28. The summed E-state index contributed by atoms with van der Waals surface area (Å²) in [5, 5.41) is 3.40. The van der Waals surface area contributed by atoms with E-state index in [2.05, 4.69) is 17.0 Å². The number of hydrogen-bond donors (Lipinski definition) is 2. The Morgan fingerprint density at radius 3 is 2.55 bits per heavy atom. The van der Waals surface area contributed by atoms with E-state index < -0.39 is 10.0 Å². The van der Waals surface area contributed by atoms with E-state index >= 15 is 0 Å². The number of hydrogen-bond acceptors (Lipinski definition) is 4. The average molecular weight is 314 g/mol. The van der Waals surface area contributed by atoms with E-state index in [1.54, 1.807) is 19.1 Å². The Kier molecular flexibility index (Phi) is 4.99. The summed E-state index contributed by atoms with van der Waals surface area (Å²) in [4.78, 5) is 0.311. The molecular formula is C14H22N2O2S2. The molecule has 0 bridgehead atoms. The Hall–Kier alpha value is -0.720. The molecule has 4 nitrogen and oxygen atoms in total. The van der Waals surface area contributed by atoms with Crippen molar-refractivity contribution in [1.29, 1.82) is 0 Å². The maximum atomic E-state index is 11.8. The molecule has 0 saturated carbocycles. The monoisotopic (exact) mass is 314 g/mol. The van der Waals surface area contributed by atoms with Crippen molar-refractivity contribution in [3.05, 3.63) is 24.3 Å². The van der Waals surface area contributed by atoms with Crippen LogP contribution in [0.3, 0.4) is 0 Å². The van der Waals surface area contributed by atoms with E-state index in [4.69, 9.17) is 0 Å². The van der Waals surface area contributed by atoms with Gasteiger partial charge in [-0.25, -0.2) is 13.1 Å². The lowest BCUT2D eigenvalue weighted by molar-refractivity contribution is 0.584. The topological polar surface area (TPSA) is 58.2 Å². The van der Waals surface area contributed by atoms with E-state index in [1.165, 1.54) is 18.6 Å². The molecule has 20 heavy (non-hydrogen) atoms. The largest absolute Gasteiger partial charge is 0.384 e. The number of benzene rings is 1. The van der Waals surface area contributed by atoms with Crippen molar-refractivity contribution in [2.24, 2.45) is 0 Å². The molecule has 112 valence electrons. The molecule has 1 fully saturated rings. The minimum atomic E-state index is -3.35. The predicted molar refractivity (Wildman–Crippen MR) is 85.9 cm³/mol. The van der Waals surface area contributed by atoms with Gasteiger partial charge in [-0.05, 0) is 49.8 Å². The molecule has 1 aromatic carbocycles. The molecular weight excluding hydrogens is 292 g/mol. The van der Waals surface area contributed by atoms with Crippen LogP contribution in [0.15, 0.2) is 29.2 Å². The third-order valence-corrected chi connectivity index (χ3v) is 6.57. The Balaban J connectivity index is 1.98. The smallest absolute Gasteiger partial charge is 0.240 e. The second-order valence-corrected chi connectivity index (χ2v) is 8.73. The normalized spacial score (nSPS) is 22.9. The van der Waals surface area contributed by atoms with Crippen molar-refractivity contribution in [2.45, 2.75) is 36.3 Å². The molecule has 1 unspecified atom stereocenters. The van der Waals surface area contributed by atoms with E-state index in [0.717, 1.165) is 12.2 Å². The van der Waals surface area contributed by atoms with E-state index in [0.29, 0.717) is 16.2 Å². The van der Waals surface area contributed by atoms with Crippen molar-refractivity contribution < 1.29 is 8.42 Å². The van der Waals surface area contributed by atoms with Crippen LogP contribution >= 0.6 is 11.8 Å². The first-order valence-electron chi connectivity index (χ1n) is 6.93. The molecule has 0 radical (unpaired) electrons. The summed E-state index contributed by atoms with van der Waals surface area (Å²) in [5.41, 5.74) is 0.967. The van der Waals surface area contributed by atoms with Gasteiger partial charge in [-0.15, -0.1) is 0 Å². The maximum Gasteiger partial charge on any atom is 0.240 e. The van der Waals surface area contributed by atoms with Gasteiger partial charge >= 0.3 is 0 Å². The van der Waals surface area contributed by atoms with Crippen molar-refractivity contribution in [1.82, 2.24) is 4.72 Å². The van der Waals surface area contributed by atoms with Crippen LogP contribution in [0.2, 0.25) is 0 Å². The molecule has 1 aromatic rings. The Labute approximate surface area is 125 Å². The van der Waals surface area contributed by atoms with Gasteiger partial charge in [-0.2, -0.15) is 11.8 Å². The molecule has 1 saturated heterocycles. The zero-order chi connectivity index (χ0) is 14.6. The summed E-state index contributed by atoms with van der Waals surface area (Å²) in [7, 11) is -3.35. The summed E-state index contributed by atoms with van der Waals surface area (Å²) in [5.74, 6) is 1.23. The Morgan fingerprint density at radius 2 is 2.00 bits per heavy atom. The van der Waals surface area contributed by atoms with Gasteiger partial charge in [-0.1, -0.05) is 6.92 Å². The first-order chi connectivity index (χ1) is 9.45. The minimum Gasteiger partial charge on any atom is -0.384 e.